The highest BCUT2D eigenvalue weighted by Crippen LogP contribution is 2.21. The first-order valence-corrected chi connectivity index (χ1v) is 8.94. The van der Waals surface area contributed by atoms with E-state index in [2.05, 4.69) is 10.6 Å². The SMILES string of the molecule is CCNC(=O)c1cccc(NC(=O)CCCOc2ccc(Cl)c(C)c2)c1. The maximum absolute atomic E-state index is 12.0. The molecule has 26 heavy (non-hydrogen) atoms. The number of nitrogens with one attached hydrogen (secondary N) is 2. The molecule has 0 atom stereocenters. The molecule has 0 unspecified atom stereocenters. The number of carbonyl (C=O) groups excluding carboxylic acids is 2. The van der Waals surface area contributed by atoms with Gasteiger partial charge in [0.05, 0.1) is 6.61 Å². The summed E-state index contributed by atoms with van der Waals surface area (Å²) in [5.41, 5.74) is 2.08. The van der Waals surface area contributed by atoms with Crippen LogP contribution in [0.5, 0.6) is 5.75 Å². The number of benzene rings is 2. The lowest BCUT2D eigenvalue weighted by atomic mass is 10.2. The van der Waals surface area contributed by atoms with Gasteiger partial charge in [0.25, 0.3) is 5.91 Å². The van der Waals surface area contributed by atoms with E-state index in [1.54, 1.807) is 30.3 Å². The topological polar surface area (TPSA) is 67.4 Å². The molecule has 2 rings (SSSR count). The van der Waals surface area contributed by atoms with E-state index in [0.717, 1.165) is 11.3 Å². The number of anilines is 1. The number of amides is 2. The van der Waals surface area contributed by atoms with Crippen LogP contribution < -0.4 is 15.4 Å². The molecule has 0 heterocycles. The first-order valence-electron chi connectivity index (χ1n) is 8.56. The average Bonchev–Trinajstić information content (AvgIpc) is 2.62. The Hall–Kier alpha value is -2.53. The van der Waals surface area contributed by atoms with Gasteiger partial charge in [0, 0.05) is 29.2 Å². The van der Waals surface area contributed by atoms with Gasteiger partial charge < -0.3 is 15.4 Å². The van der Waals surface area contributed by atoms with Crippen molar-refractivity contribution >= 4 is 29.1 Å². The van der Waals surface area contributed by atoms with Crippen LogP contribution in [0.3, 0.4) is 0 Å². The predicted octanol–water partition coefficient (Wildman–Crippen LogP) is 4.20. The third kappa shape index (κ3) is 6.08. The van der Waals surface area contributed by atoms with Crippen LogP contribution in [0.15, 0.2) is 42.5 Å². The van der Waals surface area contributed by atoms with Crippen LogP contribution in [-0.2, 0) is 4.79 Å². The number of rotatable bonds is 8. The minimum atomic E-state index is -0.157. The molecule has 0 bridgehead atoms. The van der Waals surface area contributed by atoms with Gasteiger partial charge >= 0.3 is 0 Å². The summed E-state index contributed by atoms with van der Waals surface area (Å²) in [6.07, 6.45) is 0.918. The number of ether oxygens (including phenoxy) is 1. The lowest BCUT2D eigenvalue weighted by Crippen LogP contribution is -2.22. The molecule has 0 aliphatic carbocycles. The van der Waals surface area contributed by atoms with Crippen LogP contribution in [0.4, 0.5) is 5.69 Å². The molecule has 138 valence electrons. The molecule has 0 aliphatic rings. The van der Waals surface area contributed by atoms with E-state index >= 15 is 0 Å². The average molecular weight is 375 g/mol. The fourth-order valence-electron chi connectivity index (χ4n) is 2.35. The lowest BCUT2D eigenvalue weighted by molar-refractivity contribution is -0.116. The van der Waals surface area contributed by atoms with Gasteiger partial charge in [0.1, 0.15) is 5.75 Å². The normalized spacial score (nSPS) is 10.3. The monoisotopic (exact) mass is 374 g/mol. The summed E-state index contributed by atoms with van der Waals surface area (Å²) in [4.78, 5) is 23.9. The molecule has 0 radical (unpaired) electrons. The fraction of sp³-hybridized carbons (Fsp3) is 0.300. The van der Waals surface area contributed by atoms with Crippen molar-refractivity contribution in [3.05, 3.63) is 58.6 Å². The van der Waals surface area contributed by atoms with Gasteiger partial charge in [-0.2, -0.15) is 0 Å². The molecule has 2 amide bonds. The zero-order valence-electron chi connectivity index (χ0n) is 15.0. The summed E-state index contributed by atoms with van der Waals surface area (Å²) >= 11 is 5.98. The van der Waals surface area contributed by atoms with Crippen LogP contribution >= 0.6 is 11.6 Å². The van der Waals surface area contributed by atoms with E-state index in [1.165, 1.54) is 0 Å². The summed E-state index contributed by atoms with van der Waals surface area (Å²) < 4.78 is 5.63. The van der Waals surface area contributed by atoms with Crippen LogP contribution in [0.1, 0.15) is 35.7 Å². The molecular weight excluding hydrogens is 352 g/mol. The van der Waals surface area contributed by atoms with Gasteiger partial charge in [-0.15, -0.1) is 0 Å². The quantitative estimate of drug-likeness (QED) is 0.680. The third-order valence-electron chi connectivity index (χ3n) is 3.69. The Morgan fingerprint density at radius 3 is 2.69 bits per heavy atom. The molecule has 2 aromatic carbocycles. The lowest BCUT2D eigenvalue weighted by Gasteiger charge is -2.09. The van der Waals surface area contributed by atoms with E-state index in [0.29, 0.717) is 42.3 Å². The molecule has 0 aromatic heterocycles. The minimum absolute atomic E-state index is 0.117. The highest BCUT2D eigenvalue weighted by Gasteiger charge is 2.07. The Kier molecular flexibility index (Phi) is 7.48. The highest BCUT2D eigenvalue weighted by atomic mass is 35.5. The largest absolute Gasteiger partial charge is 0.494 e. The molecular formula is C20H23ClN2O3. The number of carbonyl (C=O) groups is 2. The van der Waals surface area contributed by atoms with Gasteiger partial charge in [-0.05, 0) is 62.2 Å². The van der Waals surface area contributed by atoms with E-state index in [9.17, 15) is 9.59 Å². The minimum Gasteiger partial charge on any atom is -0.494 e. The number of hydrogen-bond acceptors (Lipinski definition) is 3. The van der Waals surface area contributed by atoms with Crippen molar-refractivity contribution < 1.29 is 14.3 Å². The molecule has 0 saturated heterocycles. The third-order valence-corrected chi connectivity index (χ3v) is 4.12. The molecule has 2 aromatic rings. The van der Waals surface area contributed by atoms with Crippen molar-refractivity contribution in [1.82, 2.24) is 5.32 Å². The smallest absolute Gasteiger partial charge is 0.251 e. The van der Waals surface area contributed by atoms with Gasteiger partial charge in [0.2, 0.25) is 5.91 Å². The van der Waals surface area contributed by atoms with E-state index in [1.807, 2.05) is 26.0 Å². The first-order chi connectivity index (χ1) is 12.5. The Morgan fingerprint density at radius 2 is 1.96 bits per heavy atom. The standard InChI is InChI=1S/C20H23ClN2O3/c1-3-22-20(25)15-6-4-7-16(13-15)23-19(24)8-5-11-26-17-9-10-18(21)14(2)12-17/h4,6-7,9-10,12-13H,3,5,8,11H2,1-2H3,(H,22,25)(H,23,24). The molecule has 0 saturated carbocycles. The van der Waals surface area contributed by atoms with E-state index in [4.69, 9.17) is 16.3 Å². The van der Waals surface area contributed by atoms with Crippen LogP contribution in [0, 0.1) is 6.92 Å². The molecule has 2 N–H and O–H groups in total. The van der Waals surface area contributed by atoms with Gasteiger partial charge in [-0.3, -0.25) is 9.59 Å². The van der Waals surface area contributed by atoms with Crippen molar-refractivity contribution in [2.45, 2.75) is 26.7 Å². The van der Waals surface area contributed by atoms with Crippen LogP contribution in [-0.4, -0.2) is 25.0 Å². The summed E-state index contributed by atoms with van der Waals surface area (Å²) in [6.45, 7) is 4.77. The van der Waals surface area contributed by atoms with Crippen LogP contribution in [0.2, 0.25) is 5.02 Å². The summed E-state index contributed by atoms with van der Waals surface area (Å²) in [5.74, 6) is 0.464. The molecule has 5 nitrogen and oxygen atoms in total. The fourth-order valence-corrected chi connectivity index (χ4v) is 2.47. The Balaban J connectivity index is 1.77. The zero-order chi connectivity index (χ0) is 18.9. The Bertz CT molecular complexity index is 777. The van der Waals surface area contributed by atoms with Crippen LogP contribution in [0.25, 0.3) is 0 Å². The number of halogens is 1. The molecule has 6 heteroatoms. The molecule has 0 fully saturated rings. The predicted molar refractivity (Wildman–Crippen MR) is 104 cm³/mol. The van der Waals surface area contributed by atoms with E-state index < -0.39 is 0 Å². The maximum Gasteiger partial charge on any atom is 0.251 e. The second-order valence-electron chi connectivity index (χ2n) is 5.85. The summed E-state index contributed by atoms with van der Waals surface area (Å²) in [5, 5.41) is 6.23. The maximum atomic E-state index is 12.0. The van der Waals surface area contributed by atoms with Gasteiger partial charge in [-0.1, -0.05) is 17.7 Å². The number of hydrogen-bond donors (Lipinski definition) is 2. The molecule has 0 spiro atoms. The first kappa shape index (κ1) is 19.8. The van der Waals surface area contributed by atoms with E-state index in [-0.39, 0.29) is 11.8 Å². The molecule has 0 aliphatic heterocycles. The Labute approximate surface area is 158 Å². The zero-order valence-corrected chi connectivity index (χ0v) is 15.7. The Morgan fingerprint density at radius 1 is 1.15 bits per heavy atom. The van der Waals surface area contributed by atoms with Crippen molar-refractivity contribution in [3.63, 3.8) is 0 Å². The van der Waals surface area contributed by atoms with Gasteiger partial charge in [-0.25, -0.2) is 0 Å². The summed E-state index contributed by atoms with van der Waals surface area (Å²) in [7, 11) is 0. The van der Waals surface area contributed by atoms with Crippen molar-refractivity contribution in [3.8, 4) is 5.75 Å². The van der Waals surface area contributed by atoms with Crippen molar-refractivity contribution in [1.29, 1.82) is 0 Å². The number of aryl methyl sites for hydroxylation is 1. The highest BCUT2D eigenvalue weighted by molar-refractivity contribution is 6.31. The van der Waals surface area contributed by atoms with Crippen molar-refractivity contribution in [2.75, 3.05) is 18.5 Å². The second kappa shape index (κ2) is 9.82. The summed E-state index contributed by atoms with van der Waals surface area (Å²) in [6, 6.07) is 12.3. The van der Waals surface area contributed by atoms with Gasteiger partial charge in [0.15, 0.2) is 0 Å². The second-order valence-corrected chi connectivity index (χ2v) is 6.26. The van der Waals surface area contributed by atoms with Crippen molar-refractivity contribution in [2.24, 2.45) is 0 Å².